The van der Waals surface area contributed by atoms with E-state index >= 15 is 0 Å². The Balaban J connectivity index is 1.88. The van der Waals surface area contributed by atoms with Gasteiger partial charge in [-0.15, -0.1) is 0 Å². The molecule has 2 saturated carbocycles. The molecule has 1 aliphatic heterocycles. The first-order valence-corrected chi connectivity index (χ1v) is 14.5. The molecule has 2 aromatic carbocycles. The van der Waals surface area contributed by atoms with Gasteiger partial charge in [0.2, 0.25) is 0 Å². The number of ether oxygens (including phenoxy) is 6. The Morgan fingerprint density at radius 1 is 0.818 bits per heavy atom. The van der Waals surface area contributed by atoms with Crippen LogP contribution in [-0.4, -0.2) is 76.6 Å². The fraction of sp³-hybridized carbons (Fsp3) is 0.515. The number of aliphatic hydroxyl groups is 1. The SMILES string of the molecule is CC(=O)OCC12C(Oc3ccccc3)C(=O)C3C(OC(C)=O)C1(OC3(C)C)C(C)(O)CC(OC(C)=O)C2Oc1ccccc1. The molecule has 8 atom stereocenters. The van der Waals surface area contributed by atoms with E-state index in [0.29, 0.717) is 11.5 Å². The first-order valence-electron chi connectivity index (χ1n) is 14.5. The quantitative estimate of drug-likeness (QED) is 0.348. The molecule has 1 N–H and O–H groups in total. The number of esters is 3. The highest BCUT2D eigenvalue weighted by molar-refractivity contribution is 5.92. The fourth-order valence-electron chi connectivity index (χ4n) is 7.62. The van der Waals surface area contributed by atoms with Gasteiger partial charge in [-0.25, -0.2) is 0 Å². The van der Waals surface area contributed by atoms with Crippen LogP contribution in [0.15, 0.2) is 60.7 Å². The van der Waals surface area contributed by atoms with Crippen molar-refractivity contribution in [3.05, 3.63) is 60.7 Å². The third-order valence-corrected chi connectivity index (χ3v) is 8.97. The van der Waals surface area contributed by atoms with Gasteiger partial charge in [-0.1, -0.05) is 36.4 Å². The molecule has 1 spiro atoms. The summed E-state index contributed by atoms with van der Waals surface area (Å²) in [7, 11) is 0. The Hall–Kier alpha value is -3.96. The summed E-state index contributed by atoms with van der Waals surface area (Å²) in [5, 5.41) is 12.6. The maximum absolute atomic E-state index is 14.9. The van der Waals surface area contributed by atoms with Crippen molar-refractivity contribution in [2.75, 3.05) is 6.61 Å². The van der Waals surface area contributed by atoms with Crippen LogP contribution >= 0.6 is 0 Å². The zero-order chi connectivity index (χ0) is 32.1. The smallest absolute Gasteiger partial charge is 0.303 e. The maximum atomic E-state index is 14.9. The molecule has 0 aromatic heterocycles. The molecular weight excluding hydrogens is 572 g/mol. The van der Waals surface area contributed by atoms with Crippen LogP contribution in [0.25, 0.3) is 0 Å². The topological polar surface area (TPSA) is 144 Å². The molecule has 8 unspecified atom stereocenters. The highest BCUT2D eigenvalue weighted by atomic mass is 16.6. The van der Waals surface area contributed by atoms with Crippen molar-refractivity contribution < 1.29 is 52.7 Å². The summed E-state index contributed by atoms with van der Waals surface area (Å²) in [5.74, 6) is -3.06. The minimum absolute atomic E-state index is 0.237. The van der Waals surface area contributed by atoms with Crippen molar-refractivity contribution in [1.29, 1.82) is 0 Å². The number of fused-ring (bicyclic) bond motifs is 1. The van der Waals surface area contributed by atoms with Crippen molar-refractivity contribution in [1.82, 2.24) is 0 Å². The van der Waals surface area contributed by atoms with Crippen molar-refractivity contribution in [2.24, 2.45) is 11.3 Å². The molecule has 1 saturated heterocycles. The molecule has 3 aliphatic rings. The fourth-order valence-corrected chi connectivity index (χ4v) is 7.62. The molecule has 0 amide bonds. The Morgan fingerprint density at radius 2 is 1.36 bits per heavy atom. The highest BCUT2D eigenvalue weighted by Crippen LogP contribution is 2.68. The number of carbonyl (C=O) groups excluding carboxylic acids is 4. The van der Waals surface area contributed by atoms with Gasteiger partial charge >= 0.3 is 17.9 Å². The van der Waals surface area contributed by atoms with E-state index in [1.54, 1.807) is 74.5 Å². The second kappa shape index (κ2) is 11.2. The van der Waals surface area contributed by atoms with Gasteiger partial charge in [-0.2, -0.15) is 0 Å². The van der Waals surface area contributed by atoms with E-state index in [9.17, 15) is 24.3 Å². The molecule has 0 radical (unpaired) electrons. The molecule has 5 rings (SSSR count). The van der Waals surface area contributed by atoms with E-state index in [-0.39, 0.29) is 6.42 Å². The molecule has 11 nitrogen and oxygen atoms in total. The second-order valence-electron chi connectivity index (χ2n) is 12.5. The number of hydrogen-bond donors (Lipinski definition) is 1. The van der Waals surface area contributed by atoms with Crippen molar-refractivity contribution >= 4 is 23.7 Å². The van der Waals surface area contributed by atoms with Gasteiger partial charge in [0, 0.05) is 27.2 Å². The lowest BCUT2D eigenvalue weighted by molar-refractivity contribution is -0.344. The van der Waals surface area contributed by atoms with E-state index in [4.69, 9.17) is 28.4 Å². The highest BCUT2D eigenvalue weighted by Gasteiger charge is 2.88. The van der Waals surface area contributed by atoms with Gasteiger partial charge in [-0.05, 0) is 45.0 Å². The molecule has 2 aliphatic carbocycles. The number of benzene rings is 2. The lowest BCUT2D eigenvalue weighted by atomic mass is 9.46. The van der Waals surface area contributed by atoms with Gasteiger partial charge in [-0.3, -0.25) is 19.2 Å². The van der Waals surface area contributed by atoms with Gasteiger partial charge in [0.1, 0.15) is 35.7 Å². The molecule has 2 bridgehead atoms. The van der Waals surface area contributed by atoms with Crippen LogP contribution in [0.4, 0.5) is 0 Å². The van der Waals surface area contributed by atoms with Crippen LogP contribution in [-0.2, 0) is 38.1 Å². The van der Waals surface area contributed by atoms with Gasteiger partial charge < -0.3 is 33.5 Å². The summed E-state index contributed by atoms with van der Waals surface area (Å²) in [6.07, 6.45) is -5.61. The lowest BCUT2D eigenvalue weighted by Crippen LogP contribution is -2.85. The normalized spacial score (nSPS) is 35.2. The van der Waals surface area contributed by atoms with Crippen LogP contribution in [0.5, 0.6) is 11.5 Å². The number of ketones is 1. The largest absolute Gasteiger partial charge is 0.486 e. The van der Waals surface area contributed by atoms with Crippen LogP contribution in [0, 0.1) is 11.3 Å². The predicted molar refractivity (Wildman–Crippen MR) is 154 cm³/mol. The van der Waals surface area contributed by atoms with E-state index in [1.807, 2.05) is 0 Å². The molecule has 1 heterocycles. The van der Waals surface area contributed by atoms with Crippen molar-refractivity contribution in [3.8, 4) is 11.5 Å². The first-order chi connectivity index (χ1) is 20.7. The minimum Gasteiger partial charge on any atom is -0.486 e. The average Bonchev–Trinajstić information content (AvgIpc) is 3.14. The summed E-state index contributed by atoms with van der Waals surface area (Å²) in [4.78, 5) is 52.6. The number of Topliss-reactive ketones (excluding diaryl/α,β-unsaturated/α-hetero) is 1. The van der Waals surface area contributed by atoms with Crippen molar-refractivity contribution in [3.63, 3.8) is 0 Å². The summed E-state index contributed by atoms with van der Waals surface area (Å²) >= 11 is 0. The van der Waals surface area contributed by atoms with Crippen LogP contribution in [0.1, 0.15) is 48.0 Å². The van der Waals surface area contributed by atoms with E-state index in [0.717, 1.165) is 0 Å². The zero-order valence-electron chi connectivity index (χ0n) is 25.6. The van der Waals surface area contributed by atoms with E-state index in [1.165, 1.54) is 27.7 Å². The van der Waals surface area contributed by atoms with Gasteiger partial charge in [0.25, 0.3) is 0 Å². The molecule has 44 heavy (non-hydrogen) atoms. The third kappa shape index (κ3) is 4.92. The Morgan fingerprint density at radius 3 is 1.89 bits per heavy atom. The summed E-state index contributed by atoms with van der Waals surface area (Å²) < 4.78 is 37.4. The van der Waals surface area contributed by atoms with Gasteiger partial charge in [0.15, 0.2) is 23.6 Å². The Labute approximate surface area is 255 Å². The Bertz CT molecular complexity index is 1420. The monoisotopic (exact) mass is 610 g/mol. The average molecular weight is 611 g/mol. The second-order valence-corrected chi connectivity index (χ2v) is 12.5. The van der Waals surface area contributed by atoms with Crippen molar-refractivity contribution in [2.45, 2.75) is 89.2 Å². The molecule has 3 fully saturated rings. The maximum Gasteiger partial charge on any atom is 0.303 e. The van der Waals surface area contributed by atoms with E-state index < -0.39 is 82.8 Å². The summed E-state index contributed by atoms with van der Waals surface area (Å²) in [6.45, 7) is 7.84. The van der Waals surface area contributed by atoms with Crippen LogP contribution in [0.2, 0.25) is 0 Å². The summed E-state index contributed by atoms with van der Waals surface area (Å²) in [6, 6.07) is 17.2. The molecule has 11 heteroatoms. The number of rotatable bonds is 8. The number of para-hydroxylation sites is 2. The Kier molecular flexibility index (Phi) is 8.00. The summed E-state index contributed by atoms with van der Waals surface area (Å²) in [5.41, 5.74) is -7.19. The number of carbonyl (C=O) groups is 4. The van der Waals surface area contributed by atoms with Crippen LogP contribution in [0.3, 0.4) is 0 Å². The number of hydrogen-bond acceptors (Lipinski definition) is 11. The lowest BCUT2D eigenvalue weighted by Gasteiger charge is -2.65. The molecular formula is C33H38O11. The van der Waals surface area contributed by atoms with Crippen LogP contribution < -0.4 is 9.47 Å². The zero-order valence-corrected chi connectivity index (χ0v) is 25.6. The first kappa shape index (κ1) is 31.5. The minimum atomic E-state index is -1.97. The predicted octanol–water partition coefficient (Wildman–Crippen LogP) is 3.20. The standard InChI is InChI=1S/C33H38O11/c1-19(34)39-18-32-27(42-22-13-9-7-10-14-22)24(40-20(2)35)17-31(6,38)33(32)28(41-21(3)36)25(30(4,5)44-33)26(37)29(32)43-23-15-11-8-12-16-23/h7-16,24-25,27-29,38H,17-18H2,1-6H3. The molecule has 2 aromatic rings. The molecule has 236 valence electrons. The van der Waals surface area contributed by atoms with E-state index in [2.05, 4.69) is 0 Å². The third-order valence-electron chi connectivity index (χ3n) is 8.97. The van der Waals surface area contributed by atoms with Gasteiger partial charge in [0.05, 0.1) is 17.1 Å².